The van der Waals surface area contributed by atoms with Gasteiger partial charge in [0.15, 0.2) is 6.04 Å². The van der Waals surface area contributed by atoms with Crippen molar-refractivity contribution in [1.29, 1.82) is 0 Å². The Balaban J connectivity index is 5.52. The number of hydrogen-bond donors (Lipinski definition) is 7. The van der Waals surface area contributed by atoms with Crippen molar-refractivity contribution in [3.8, 4) is 0 Å². The van der Waals surface area contributed by atoms with Crippen LogP contribution < -0.4 is 21.7 Å². The molecule has 12 nitrogen and oxygen atoms in total. The van der Waals surface area contributed by atoms with Gasteiger partial charge in [0.2, 0.25) is 17.7 Å². The number of hydrogen-bond acceptors (Lipinski definition) is 8. The van der Waals surface area contributed by atoms with Gasteiger partial charge in [-0.3, -0.25) is 19.2 Å². The molecule has 0 saturated carbocycles. The van der Waals surface area contributed by atoms with Crippen molar-refractivity contribution in [1.82, 2.24) is 16.0 Å². The molecule has 0 saturated heterocycles. The lowest BCUT2D eigenvalue weighted by Gasteiger charge is -2.26. The molecule has 0 heterocycles. The minimum atomic E-state index is -1.65. The number of carbonyl (C=O) groups is 5. The van der Waals surface area contributed by atoms with Crippen molar-refractivity contribution < 1.29 is 39.3 Å². The summed E-state index contributed by atoms with van der Waals surface area (Å²) < 4.78 is 0. The van der Waals surface area contributed by atoms with Crippen molar-refractivity contribution >= 4 is 41.4 Å². The third-order valence-electron chi connectivity index (χ3n) is 4.64. The van der Waals surface area contributed by atoms with E-state index >= 15 is 0 Å². The summed E-state index contributed by atoms with van der Waals surface area (Å²) in [5.41, 5.74) is 5.86. The zero-order valence-electron chi connectivity index (χ0n) is 19.4. The first kappa shape index (κ1) is 30.6. The first-order valence-corrected chi connectivity index (χ1v) is 12.0. The Kier molecular flexibility index (Phi) is 14.3. The van der Waals surface area contributed by atoms with Crippen LogP contribution in [-0.2, 0) is 24.0 Å². The normalized spacial score (nSPS) is 15.6. The number of aliphatic hydroxyl groups excluding tert-OH is 1. The molecular weight excluding hydrogens is 456 g/mol. The van der Waals surface area contributed by atoms with Crippen molar-refractivity contribution in [2.24, 2.45) is 11.7 Å². The Morgan fingerprint density at radius 1 is 0.879 bits per heavy atom. The van der Waals surface area contributed by atoms with Crippen LogP contribution in [-0.4, -0.2) is 87.3 Å². The SMILES string of the molecule is CSCCC(N)C(=O)NC(CC(C)C)C(=O)NC(CCC(=O)O)C(=O)NC(C(=O)O)C(C)O. The zero-order valence-corrected chi connectivity index (χ0v) is 20.2. The summed E-state index contributed by atoms with van der Waals surface area (Å²) in [4.78, 5) is 60.1. The summed E-state index contributed by atoms with van der Waals surface area (Å²) in [5, 5.41) is 34.8. The van der Waals surface area contributed by atoms with E-state index < -0.39 is 66.4 Å². The molecule has 3 amide bonds. The third kappa shape index (κ3) is 12.4. The lowest BCUT2D eigenvalue weighted by molar-refractivity contribution is -0.145. The Morgan fingerprint density at radius 2 is 1.42 bits per heavy atom. The number of nitrogens with one attached hydrogen (secondary N) is 3. The highest BCUT2D eigenvalue weighted by molar-refractivity contribution is 7.98. The lowest BCUT2D eigenvalue weighted by Crippen LogP contribution is -2.58. The van der Waals surface area contributed by atoms with E-state index in [2.05, 4.69) is 16.0 Å². The number of aliphatic carboxylic acids is 2. The topological polar surface area (TPSA) is 208 Å². The van der Waals surface area contributed by atoms with Crippen molar-refractivity contribution in [2.75, 3.05) is 12.0 Å². The van der Waals surface area contributed by atoms with Gasteiger partial charge in [-0.2, -0.15) is 11.8 Å². The van der Waals surface area contributed by atoms with Crippen LogP contribution in [0.15, 0.2) is 0 Å². The molecule has 0 fully saturated rings. The average molecular weight is 493 g/mol. The van der Waals surface area contributed by atoms with E-state index in [1.165, 1.54) is 18.7 Å². The minimum Gasteiger partial charge on any atom is -0.481 e. The molecule has 13 heteroatoms. The van der Waals surface area contributed by atoms with Gasteiger partial charge in [-0.15, -0.1) is 0 Å². The summed E-state index contributed by atoms with van der Waals surface area (Å²) in [6, 6.07) is -4.91. The maximum Gasteiger partial charge on any atom is 0.328 e. The van der Waals surface area contributed by atoms with Gasteiger partial charge >= 0.3 is 11.9 Å². The quantitative estimate of drug-likeness (QED) is 0.138. The van der Waals surface area contributed by atoms with E-state index in [9.17, 15) is 29.1 Å². The smallest absolute Gasteiger partial charge is 0.328 e. The lowest BCUT2D eigenvalue weighted by atomic mass is 10.0. The van der Waals surface area contributed by atoms with Crippen LogP contribution in [0.4, 0.5) is 0 Å². The fourth-order valence-corrected chi connectivity index (χ4v) is 3.30. The third-order valence-corrected chi connectivity index (χ3v) is 5.28. The molecule has 0 aliphatic heterocycles. The van der Waals surface area contributed by atoms with E-state index in [-0.39, 0.29) is 18.8 Å². The second kappa shape index (κ2) is 15.5. The highest BCUT2D eigenvalue weighted by atomic mass is 32.2. The average Bonchev–Trinajstić information content (AvgIpc) is 2.71. The van der Waals surface area contributed by atoms with Crippen LogP contribution in [0.25, 0.3) is 0 Å². The van der Waals surface area contributed by atoms with Crippen LogP contribution >= 0.6 is 11.8 Å². The predicted molar refractivity (Wildman–Crippen MR) is 122 cm³/mol. The fourth-order valence-electron chi connectivity index (χ4n) is 2.81. The number of amides is 3. The molecule has 5 unspecified atom stereocenters. The highest BCUT2D eigenvalue weighted by Gasteiger charge is 2.32. The van der Waals surface area contributed by atoms with Gasteiger partial charge in [0.05, 0.1) is 12.1 Å². The first-order valence-electron chi connectivity index (χ1n) is 10.6. The second-order valence-electron chi connectivity index (χ2n) is 8.14. The monoisotopic (exact) mass is 492 g/mol. The van der Waals surface area contributed by atoms with Crippen molar-refractivity contribution in [3.05, 3.63) is 0 Å². The van der Waals surface area contributed by atoms with Gasteiger partial charge in [0.1, 0.15) is 12.1 Å². The first-order chi connectivity index (χ1) is 15.3. The Labute approximate surface area is 197 Å². The predicted octanol–water partition coefficient (Wildman–Crippen LogP) is -1.10. The van der Waals surface area contributed by atoms with Crippen LogP contribution in [0.1, 0.15) is 46.5 Å². The van der Waals surface area contributed by atoms with Crippen LogP contribution in [0.3, 0.4) is 0 Å². The number of nitrogens with two attached hydrogens (primary N) is 1. The molecule has 5 atom stereocenters. The van der Waals surface area contributed by atoms with Crippen molar-refractivity contribution in [2.45, 2.75) is 76.7 Å². The van der Waals surface area contributed by atoms with Gasteiger partial charge in [0, 0.05) is 6.42 Å². The van der Waals surface area contributed by atoms with E-state index in [4.69, 9.17) is 15.9 Å². The standard InChI is InChI=1S/C20H36N4O8S/c1-10(2)9-14(23-17(28)12(21)7-8-33-4)19(30)22-13(5-6-15(26)27)18(29)24-16(11(3)25)20(31)32/h10-14,16,25H,5-9,21H2,1-4H3,(H,22,30)(H,23,28)(H,24,29)(H,26,27)(H,31,32). The summed E-state index contributed by atoms with van der Waals surface area (Å²) in [7, 11) is 0. The number of rotatable bonds is 16. The molecule has 0 aromatic heterocycles. The molecule has 8 N–H and O–H groups in total. The van der Waals surface area contributed by atoms with Gasteiger partial charge < -0.3 is 37.0 Å². The largest absolute Gasteiger partial charge is 0.481 e. The summed E-state index contributed by atoms with van der Waals surface area (Å²) in [5.74, 6) is -4.31. The second-order valence-corrected chi connectivity index (χ2v) is 9.12. The number of aliphatic hydroxyl groups is 1. The van der Waals surface area contributed by atoms with Crippen LogP contribution in [0.5, 0.6) is 0 Å². The van der Waals surface area contributed by atoms with E-state index in [1.54, 1.807) is 0 Å². The fraction of sp³-hybridized carbons (Fsp3) is 0.750. The van der Waals surface area contributed by atoms with Gasteiger partial charge in [-0.1, -0.05) is 13.8 Å². The van der Waals surface area contributed by atoms with E-state index in [0.29, 0.717) is 12.2 Å². The minimum absolute atomic E-state index is 0.0126. The Bertz CT molecular complexity index is 689. The van der Waals surface area contributed by atoms with Gasteiger partial charge in [0.25, 0.3) is 0 Å². The van der Waals surface area contributed by atoms with E-state index in [0.717, 1.165) is 0 Å². The molecule has 0 aromatic carbocycles. The molecule has 33 heavy (non-hydrogen) atoms. The molecule has 190 valence electrons. The number of carboxylic acid groups (broad SMARTS) is 2. The number of thioether (sulfide) groups is 1. The number of carbonyl (C=O) groups excluding carboxylic acids is 3. The molecule has 0 rings (SSSR count). The van der Waals surface area contributed by atoms with Crippen LogP contribution in [0, 0.1) is 5.92 Å². The summed E-state index contributed by atoms with van der Waals surface area (Å²) >= 11 is 1.52. The highest BCUT2D eigenvalue weighted by Crippen LogP contribution is 2.09. The Hall–Kier alpha value is -2.38. The molecule has 0 bridgehead atoms. The van der Waals surface area contributed by atoms with Gasteiger partial charge in [-0.25, -0.2) is 4.79 Å². The Morgan fingerprint density at radius 3 is 1.88 bits per heavy atom. The molecular formula is C20H36N4O8S. The summed E-state index contributed by atoms with van der Waals surface area (Å²) in [6.45, 7) is 4.82. The number of carboxylic acids is 2. The van der Waals surface area contributed by atoms with Crippen LogP contribution in [0.2, 0.25) is 0 Å². The molecule has 0 aliphatic carbocycles. The van der Waals surface area contributed by atoms with Gasteiger partial charge in [-0.05, 0) is 44.1 Å². The molecule has 0 aromatic rings. The maximum atomic E-state index is 12.9. The molecule has 0 spiro atoms. The molecule has 0 radical (unpaired) electrons. The summed E-state index contributed by atoms with van der Waals surface area (Å²) in [6.07, 6.45) is 0.265. The maximum absolute atomic E-state index is 12.9. The molecule has 0 aliphatic rings. The van der Waals surface area contributed by atoms with Crippen molar-refractivity contribution in [3.63, 3.8) is 0 Å². The zero-order chi connectivity index (χ0) is 25.7. The van der Waals surface area contributed by atoms with E-state index in [1.807, 2.05) is 20.1 Å².